The van der Waals surface area contributed by atoms with Gasteiger partial charge in [-0.15, -0.1) is 0 Å². The molecule has 2 aromatic rings. The van der Waals surface area contributed by atoms with Gasteiger partial charge in [-0.05, 0) is 32.1 Å². The molecule has 0 unspecified atom stereocenters. The van der Waals surface area contributed by atoms with Crippen molar-refractivity contribution in [1.82, 2.24) is 14.9 Å². The molecule has 0 amide bonds. The Morgan fingerprint density at radius 1 is 1.35 bits per heavy atom. The lowest BCUT2D eigenvalue weighted by atomic mass is 9.82. The fourth-order valence-electron chi connectivity index (χ4n) is 3.12. The third-order valence-corrected chi connectivity index (χ3v) is 4.71. The minimum atomic E-state index is -4.82. The van der Waals surface area contributed by atoms with Crippen molar-refractivity contribution in [2.24, 2.45) is 0 Å². The van der Waals surface area contributed by atoms with Crippen LogP contribution >= 0.6 is 0 Å². The summed E-state index contributed by atoms with van der Waals surface area (Å²) >= 11 is 0. The SMILES string of the molecule is C[C@H]1Cc2nn(C3CC3)cc2-c2onc([C@@](C)(O)C(F)(F)F)c21. The molecule has 124 valence electrons. The Hall–Kier alpha value is -1.83. The molecule has 4 rings (SSSR count). The number of aromatic nitrogens is 3. The number of aliphatic hydroxyl groups is 1. The molecular weight excluding hydrogens is 311 g/mol. The summed E-state index contributed by atoms with van der Waals surface area (Å²) in [5.74, 6) is 0.0419. The maximum atomic E-state index is 13.2. The zero-order chi connectivity index (χ0) is 16.6. The fraction of sp³-hybridized carbons (Fsp3) is 0.600. The van der Waals surface area contributed by atoms with Crippen LogP contribution in [0.5, 0.6) is 0 Å². The van der Waals surface area contributed by atoms with E-state index in [-0.39, 0.29) is 5.92 Å². The molecule has 1 fully saturated rings. The molecular formula is C15H16F3N3O2. The molecule has 0 saturated heterocycles. The van der Waals surface area contributed by atoms with Gasteiger partial charge in [-0.25, -0.2) is 0 Å². The summed E-state index contributed by atoms with van der Waals surface area (Å²) in [5, 5.41) is 18.1. The van der Waals surface area contributed by atoms with Crippen molar-refractivity contribution in [3.63, 3.8) is 0 Å². The minimum Gasteiger partial charge on any atom is -0.375 e. The topological polar surface area (TPSA) is 64.1 Å². The van der Waals surface area contributed by atoms with Gasteiger partial charge in [0.2, 0.25) is 5.60 Å². The van der Waals surface area contributed by atoms with Crippen molar-refractivity contribution in [3.05, 3.63) is 23.1 Å². The van der Waals surface area contributed by atoms with Crippen molar-refractivity contribution >= 4 is 0 Å². The van der Waals surface area contributed by atoms with Crippen LogP contribution in [0.4, 0.5) is 13.2 Å². The lowest BCUT2D eigenvalue weighted by Crippen LogP contribution is -2.40. The molecule has 1 N–H and O–H groups in total. The normalized spacial score (nSPS) is 23.3. The van der Waals surface area contributed by atoms with E-state index in [2.05, 4.69) is 10.3 Å². The van der Waals surface area contributed by atoms with Crippen LogP contribution in [0.25, 0.3) is 11.3 Å². The quantitative estimate of drug-likeness (QED) is 0.919. The van der Waals surface area contributed by atoms with Crippen LogP contribution in [-0.4, -0.2) is 26.2 Å². The van der Waals surface area contributed by atoms with E-state index in [1.165, 1.54) is 0 Å². The summed E-state index contributed by atoms with van der Waals surface area (Å²) in [5.41, 5.74) is -1.66. The van der Waals surface area contributed by atoms with Gasteiger partial charge < -0.3 is 9.63 Å². The lowest BCUT2D eigenvalue weighted by molar-refractivity contribution is -0.261. The summed E-state index contributed by atoms with van der Waals surface area (Å²) in [6, 6.07) is 0.375. The first-order valence-electron chi connectivity index (χ1n) is 7.57. The molecule has 0 aromatic carbocycles. The lowest BCUT2D eigenvalue weighted by Gasteiger charge is -2.27. The van der Waals surface area contributed by atoms with E-state index in [9.17, 15) is 18.3 Å². The molecule has 2 aromatic heterocycles. The average molecular weight is 327 g/mol. The Kier molecular flexibility index (Phi) is 2.80. The number of halogens is 3. The largest absolute Gasteiger partial charge is 0.422 e. The van der Waals surface area contributed by atoms with Gasteiger partial charge in [0.05, 0.1) is 17.3 Å². The first-order chi connectivity index (χ1) is 10.7. The molecule has 2 atom stereocenters. The highest BCUT2D eigenvalue weighted by Crippen LogP contribution is 2.48. The number of hydrogen-bond donors (Lipinski definition) is 1. The highest BCUT2D eigenvalue weighted by atomic mass is 19.4. The third-order valence-electron chi connectivity index (χ3n) is 4.71. The van der Waals surface area contributed by atoms with Gasteiger partial charge in [-0.2, -0.15) is 18.3 Å². The Bertz CT molecular complexity index is 772. The molecule has 2 heterocycles. The van der Waals surface area contributed by atoms with Gasteiger partial charge in [-0.3, -0.25) is 4.68 Å². The van der Waals surface area contributed by atoms with E-state index in [0.717, 1.165) is 18.5 Å². The predicted octanol–water partition coefficient (Wildman–Crippen LogP) is 3.30. The van der Waals surface area contributed by atoms with Crippen LogP contribution in [-0.2, 0) is 12.0 Å². The van der Waals surface area contributed by atoms with Crippen LogP contribution in [0.15, 0.2) is 10.7 Å². The van der Waals surface area contributed by atoms with E-state index in [4.69, 9.17) is 4.52 Å². The molecule has 0 radical (unpaired) electrons. The van der Waals surface area contributed by atoms with Crippen molar-refractivity contribution in [2.75, 3.05) is 0 Å². The van der Waals surface area contributed by atoms with Gasteiger partial charge in [0, 0.05) is 11.8 Å². The molecule has 23 heavy (non-hydrogen) atoms. The zero-order valence-corrected chi connectivity index (χ0v) is 12.7. The number of nitrogens with zero attached hydrogens (tertiary/aromatic N) is 3. The minimum absolute atomic E-state index is 0.255. The second-order valence-corrected chi connectivity index (χ2v) is 6.65. The average Bonchev–Trinajstić information content (AvgIpc) is 3.04. The van der Waals surface area contributed by atoms with Gasteiger partial charge in [0.15, 0.2) is 5.76 Å². The number of hydrogen-bond acceptors (Lipinski definition) is 4. The van der Waals surface area contributed by atoms with Crippen LogP contribution in [0.1, 0.15) is 55.6 Å². The van der Waals surface area contributed by atoms with Gasteiger partial charge in [-0.1, -0.05) is 12.1 Å². The summed E-state index contributed by atoms with van der Waals surface area (Å²) in [6.45, 7) is 2.51. The maximum Gasteiger partial charge on any atom is 0.422 e. The van der Waals surface area contributed by atoms with Crippen LogP contribution < -0.4 is 0 Å². The molecule has 2 aliphatic rings. The van der Waals surface area contributed by atoms with Crippen molar-refractivity contribution in [3.8, 4) is 11.3 Å². The third kappa shape index (κ3) is 2.04. The Balaban J connectivity index is 1.85. The highest BCUT2D eigenvalue weighted by molar-refractivity contribution is 5.68. The van der Waals surface area contributed by atoms with E-state index in [1.54, 1.807) is 6.92 Å². The first kappa shape index (κ1) is 14.7. The molecule has 1 saturated carbocycles. The molecule has 5 nitrogen and oxygen atoms in total. The Morgan fingerprint density at radius 2 is 2.04 bits per heavy atom. The van der Waals surface area contributed by atoms with Crippen molar-refractivity contribution < 1.29 is 22.8 Å². The number of alkyl halides is 3. The fourth-order valence-corrected chi connectivity index (χ4v) is 3.12. The molecule has 0 spiro atoms. The molecule has 0 bridgehead atoms. The zero-order valence-electron chi connectivity index (χ0n) is 12.7. The second-order valence-electron chi connectivity index (χ2n) is 6.65. The van der Waals surface area contributed by atoms with E-state index >= 15 is 0 Å². The standard InChI is InChI=1S/C15H16F3N3O2/c1-7-5-10-9(6-21(19-10)8-3-4-8)12-11(7)13(20-23-12)14(2,22)15(16,17)18/h6-8,22H,3-5H2,1-2H3/t7-,14+/m0/s1. The summed E-state index contributed by atoms with van der Waals surface area (Å²) in [4.78, 5) is 0. The number of fused-ring (bicyclic) bond motifs is 3. The number of rotatable bonds is 2. The summed E-state index contributed by atoms with van der Waals surface area (Å²) in [6.07, 6.45) is -0.379. The first-order valence-corrected chi connectivity index (χ1v) is 7.57. The van der Waals surface area contributed by atoms with Crippen LogP contribution in [0.3, 0.4) is 0 Å². The Morgan fingerprint density at radius 3 is 2.65 bits per heavy atom. The molecule has 0 aliphatic heterocycles. The van der Waals surface area contributed by atoms with Crippen LogP contribution in [0, 0.1) is 0 Å². The second kappa shape index (κ2) is 4.37. The summed E-state index contributed by atoms with van der Waals surface area (Å²) in [7, 11) is 0. The van der Waals surface area contributed by atoms with Crippen molar-refractivity contribution in [2.45, 2.75) is 56.8 Å². The predicted molar refractivity (Wildman–Crippen MR) is 73.7 cm³/mol. The Labute approximate surface area is 130 Å². The monoisotopic (exact) mass is 327 g/mol. The van der Waals surface area contributed by atoms with Crippen LogP contribution in [0.2, 0.25) is 0 Å². The summed E-state index contributed by atoms with van der Waals surface area (Å²) < 4.78 is 46.6. The molecule has 2 aliphatic carbocycles. The van der Waals surface area contributed by atoms with Gasteiger partial charge >= 0.3 is 6.18 Å². The molecule has 8 heteroatoms. The van der Waals surface area contributed by atoms with Gasteiger partial charge in [0.1, 0.15) is 5.69 Å². The van der Waals surface area contributed by atoms with E-state index in [1.807, 2.05) is 10.9 Å². The van der Waals surface area contributed by atoms with Crippen molar-refractivity contribution in [1.29, 1.82) is 0 Å². The maximum absolute atomic E-state index is 13.2. The van der Waals surface area contributed by atoms with E-state index in [0.29, 0.717) is 36.3 Å². The van der Waals surface area contributed by atoms with Gasteiger partial charge in [0.25, 0.3) is 0 Å². The highest BCUT2D eigenvalue weighted by Gasteiger charge is 2.55. The van der Waals surface area contributed by atoms with E-state index < -0.39 is 17.5 Å². The smallest absolute Gasteiger partial charge is 0.375 e.